The van der Waals surface area contributed by atoms with Gasteiger partial charge in [-0.2, -0.15) is 0 Å². The Kier molecular flexibility index (Phi) is 4.99. The molecule has 1 rings (SSSR count). The second-order valence-corrected chi connectivity index (χ2v) is 6.13. The first-order valence-electron chi connectivity index (χ1n) is 6.57. The summed E-state index contributed by atoms with van der Waals surface area (Å²) in [6.45, 7) is 9.61. The van der Waals surface area contributed by atoms with Crippen molar-refractivity contribution in [2.75, 3.05) is 19.8 Å². The number of amides is 1. The van der Waals surface area contributed by atoms with E-state index in [9.17, 15) is 4.79 Å². The minimum Gasteiger partial charge on any atom is -0.444 e. The van der Waals surface area contributed by atoms with E-state index in [2.05, 4.69) is 12.2 Å². The summed E-state index contributed by atoms with van der Waals surface area (Å²) < 4.78 is 10.5. The third-order valence-electron chi connectivity index (χ3n) is 3.25. The maximum absolute atomic E-state index is 11.7. The molecule has 0 radical (unpaired) electrons. The highest BCUT2D eigenvalue weighted by Gasteiger charge is 2.39. The first kappa shape index (κ1) is 15.2. The predicted molar refractivity (Wildman–Crippen MR) is 70.4 cm³/mol. The number of nitrogens with one attached hydrogen (secondary N) is 1. The van der Waals surface area contributed by atoms with Gasteiger partial charge < -0.3 is 20.5 Å². The smallest absolute Gasteiger partial charge is 0.407 e. The van der Waals surface area contributed by atoms with Gasteiger partial charge in [0.25, 0.3) is 0 Å². The molecule has 106 valence electrons. The van der Waals surface area contributed by atoms with E-state index in [0.29, 0.717) is 6.54 Å². The van der Waals surface area contributed by atoms with Crippen LogP contribution in [0.3, 0.4) is 0 Å². The molecule has 1 aliphatic heterocycles. The van der Waals surface area contributed by atoms with Crippen LogP contribution < -0.4 is 11.1 Å². The van der Waals surface area contributed by atoms with Gasteiger partial charge in [0, 0.05) is 18.0 Å². The Balaban J connectivity index is 2.44. The zero-order valence-electron chi connectivity index (χ0n) is 11.9. The molecule has 0 aliphatic carbocycles. The van der Waals surface area contributed by atoms with Gasteiger partial charge in [-0.25, -0.2) is 4.79 Å². The highest BCUT2D eigenvalue weighted by molar-refractivity contribution is 5.68. The normalized spacial score (nSPS) is 19.8. The molecule has 0 saturated carbocycles. The lowest BCUT2D eigenvalue weighted by Gasteiger charge is -2.43. The van der Waals surface area contributed by atoms with Gasteiger partial charge in [-0.3, -0.25) is 0 Å². The van der Waals surface area contributed by atoms with Crippen molar-refractivity contribution in [1.82, 2.24) is 5.32 Å². The van der Waals surface area contributed by atoms with E-state index in [1.807, 2.05) is 20.8 Å². The molecule has 1 unspecified atom stereocenters. The van der Waals surface area contributed by atoms with Crippen LogP contribution in [-0.2, 0) is 9.47 Å². The average molecular weight is 258 g/mol. The Morgan fingerprint density at radius 1 is 1.50 bits per heavy atom. The molecule has 1 aliphatic rings. The standard InChI is InChI=1S/C13H26N2O3/c1-5-13(8-17-9-13)6-10(7-14)15-11(16)18-12(2,3)4/h10H,5-9,14H2,1-4H3,(H,15,16). The molecular weight excluding hydrogens is 232 g/mol. The number of hydrogen-bond acceptors (Lipinski definition) is 4. The summed E-state index contributed by atoms with van der Waals surface area (Å²) in [6.07, 6.45) is 1.49. The summed E-state index contributed by atoms with van der Waals surface area (Å²) in [5, 5.41) is 2.84. The van der Waals surface area contributed by atoms with E-state index >= 15 is 0 Å². The molecule has 0 aromatic rings. The van der Waals surface area contributed by atoms with Crippen molar-refractivity contribution >= 4 is 6.09 Å². The van der Waals surface area contributed by atoms with Gasteiger partial charge in [0.2, 0.25) is 0 Å². The Morgan fingerprint density at radius 3 is 2.44 bits per heavy atom. The zero-order valence-corrected chi connectivity index (χ0v) is 11.9. The van der Waals surface area contributed by atoms with Crippen molar-refractivity contribution in [2.24, 2.45) is 11.1 Å². The lowest BCUT2D eigenvalue weighted by Crippen LogP contribution is -2.51. The summed E-state index contributed by atoms with van der Waals surface area (Å²) in [5.74, 6) is 0. The van der Waals surface area contributed by atoms with Crippen LogP contribution in [0.1, 0.15) is 40.5 Å². The number of nitrogens with two attached hydrogens (primary N) is 1. The zero-order chi connectivity index (χ0) is 13.8. The van der Waals surface area contributed by atoms with E-state index < -0.39 is 11.7 Å². The molecule has 1 heterocycles. The van der Waals surface area contributed by atoms with Crippen LogP contribution in [-0.4, -0.2) is 37.5 Å². The Bertz CT molecular complexity index is 277. The molecule has 0 aromatic carbocycles. The summed E-state index contributed by atoms with van der Waals surface area (Å²) in [7, 11) is 0. The number of ether oxygens (including phenoxy) is 2. The van der Waals surface area contributed by atoms with Gasteiger partial charge in [0.15, 0.2) is 0 Å². The highest BCUT2D eigenvalue weighted by Crippen LogP contribution is 2.35. The second kappa shape index (κ2) is 5.89. The van der Waals surface area contributed by atoms with Gasteiger partial charge >= 0.3 is 6.09 Å². The fraction of sp³-hybridized carbons (Fsp3) is 0.923. The van der Waals surface area contributed by atoms with Crippen LogP contribution >= 0.6 is 0 Å². The summed E-state index contributed by atoms with van der Waals surface area (Å²) >= 11 is 0. The third kappa shape index (κ3) is 4.46. The number of carbonyl (C=O) groups excluding carboxylic acids is 1. The number of hydrogen-bond donors (Lipinski definition) is 2. The molecule has 5 heteroatoms. The third-order valence-corrected chi connectivity index (χ3v) is 3.25. The topological polar surface area (TPSA) is 73.6 Å². The molecule has 1 amide bonds. The maximum Gasteiger partial charge on any atom is 0.407 e. The number of rotatable bonds is 5. The largest absolute Gasteiger partial charge is 0.444 e. The molecule has 0 bridgehead atoms. The fourth-order valence-electron chi connectivity index (χ4n) is 2.05. The monoisotopic (exact) mass is 258 g/mol. The molecular formula is C13H26N2O3. The summed E-state index contributed by atoms with van der Waals surface area (Å²) in [5.41, 5.74) is 5.41. The van der Waals surface area contributed by atoms with Crippen LogP contribution in [0.2, 0.25) is 0 Å². The van der Waals surface area contributed by atoms with E-state index in [1.54, 1.807) is 0 Å². The van der Waals surface area contributed by atoms with Crippen molar-refractivity contribution in [1.29, 1.82) is 0 Å². The Morgan fingerprint density at radius 2 is 2.11 bits per heavy atom. The van der Waals surface area contributed by atoms with Gasteiger partial charge in [0.1, 0.15) is 5.60 Å². The van der Waals surface area contributed by atoms with Gasteiger partial charge in [-0.05, 0) is 33.6 Å². The van der Waals surface area contributed by atoms with Gasteiger partial charge in [-0.15, -0.1) is 0 Å². The van der Waals surface area contributed by atoms with E-state index in [-0.39, 0.29) is 11.5 Å². The fourth-order valence-corrected chi connectivity index (χ4v) is 2.05. The molecule has 1 fully saturated rings. The minimum atomic E-state index is -0.481. The van der Waals surface area contributed by atoms with E-state index in [0.717, 1.165) is 26.1 Å². The van der Waals surface area contributed by atoms with Crippen molar-refractivity contribution in [3.63, 3.8) is 0 Å². The van der Waals surface area contributed by atoms with Crippen molar-refractivity contribution in [2.45, 2.75) is 52.2 Å². The Hall–Kier alpha value is -0.810. The van der Waals surface area contributed by atoms with Crippen LogP contribution in [0, 0.1) is 5.41 Å². The summed E-state index contributed by atoms with van der Waals surface area (Å²) in [4.78, 5) is 11.7. The lowest BCUT2D eigenvalue weighted by atomic mass is 9.77. The van der Waals surface area contributed by atoms with Crippen LogP contribution in [0.25, 0.3) is 0 Å². The van der Waals surface area contributed by atoms with Crippen LogP contribution in [0.4, 0.5) is 4.79 Å². The molecule has 1 saturated heterocycles. The molecule has 1 atom stereocenters. The molecule has 0 aromatic heterocycles. The quantitative estimate of drug-likeness (QED) is 0.786. The van der Waals surface area contributed by atoms with Crippen molar-refractivity contribution < 1.29 is 14.3 Å². The van der Waals surface area contributed by atoms with Gasteiger partial charge in [-0.1, -0.05) is 6.92 Å². The minimum absolute atomic E-state index is 0.0521. The molecule has 5 nitrogen and oxygen atoms in total. The van der Waals surface area contributed by atoms with Crippen molar-refractivity contribution in [3.8, 4) is 0 Å². The first-order valence-corrected chi connectivity index (χ1v) is 6.57. The number of alkyl carbamates (subject to hydrolysis) is 1. The highest BCUT2D eigenvalue weighted by atomic mass is 16.6. The van der Waals surface area contributed by atoms with Gasteiger partial charge in [0.05, 0.1) is 13.2 Å². The van der Waals surface area contributed by atoms with Crippen LogP contribution in [0.15, 0.2) is 0 Å². The van der Waals surface area contributed by atoms with E-state index in [1.165, 1.54) is 0 Å². The predicted octanol–water partition coefficient (Wildman–Crippen LogP) is 1.66. The molecule has 0 spiro atoms. The maximum atomic E-state index is 11.7. The molecule has 18 heavy (non-hydrogen) atoms. The SMILES string of the molecule is CCC1(CC(CN)NC(=O)OC(C)(C)C)COC1. The average Bonchev–Trinajstić information content (AvgIpc) is 2.19. The van der Waals surface area contributed by atoms with Crippen molar-refractivity contribution in [3.05, 3.63) is 0 Å². The second-order valence-electron chi connectivity index (χ2n) is 6.13. The Labute approximate surface area is 109 Å². The summed E-state index contributed by atoms with van der Waals surface area (Å²) in [6, 6.07) is -0.0521. The van der Waals surface area contributed by atoms with E-state index in [4.69, 9.17) is 15.2 Å². The van der Waals surface area contributed by atoms with Crippen LogP contribution in [0.5, 0.6) is 0 Å². The number of carbonyl (C=O) groups is 1. The lowest BCUT2D eigenvalue weighted by molar-refractivity contribution is -0.123. The molecule has 3 N–H and O–H groups in total. The first-order chi connectivity index (χ1) is 8.30.